The van der Waals surface area contributed by atoms with Crippen LogP contribution in [0.3, 0.4) is 0 Å². The lowest BCUT2D eigenvalue weighted by atomic mass is 9.77. The lowest BCUT2D eigenvalue weighted by molar-refractivity contribution is 0.666. The maximum atomic E-state index is 2.41. The molecule has 8 aromatic rings. The van der Waals surface area contributed by atoms with Crippen molar-refractivity contribution in [1.82, 2.24) is 0 Å². The van der Waals surface area contributed by atoms with Gasteiger partial charge in [0, 0.05) is 22.5 Å². The number of para-hydroxylation sites is 2. The highest BCUT2D eigenvalue weighted by atomic mass is 15.1. The van der Waals surface area contributed by atoms with E-state index >= 15 is 0 Å². The second kappa shape index (κ2) is 9.55. The van der Waals surface area contributed by atoms with E-state index in [-0.39, 0.29) is 5.41 Å². The van der Waals surface area contributed by atoms with E-state index in [1.807, 2.05) is 0 Å². The van der Waals surface area contributed by atoms with E-state index in [0.717, 1.165) is 17.1 Å². The number of anilines is 3. The minimum absolute atomic E-state index is 0.0825. The molecule has 0 N–H and O–H groups in total. The first-order chi connectivity index (χ1) is 22.0. The Morgan fingerprint density at radius 3 is 1.82 bits per heavy atom. The van der Waals surface area contributed by atoms with Gasteiger partial charge in [0.05, 0.1) is 0 Å². The van der Waals surface area contributed by atoms with Crippen molar-refractivity contribution in [3.63, 3.8) is 0 Å². The summed E-state index contributed by atoms with van der Waals surface area (Å²) in [4.78, 5) is 2.32. The van der Waals surface area contributed by atoms with Crippen molar-refractivity contribution in [1.29, 1.82) is 0 Å². The summed E-state index contributed by atoms with van der Waals surface area (Å²) in [5.74, 6) is 0. The Kier molecular flexibility index (Phi) is 5.53. The van der Waals surface area contributed by atoms with Crippen LogP contribution in [0.2, 0.25) is 0 Å². The maximum Gasteiger partial charge on any atom is 0.0462 e. The van der Waals surface area contributed by atoms with E-state index in [4.69, 9.17) is 0 Å². The summed E-state index contributed by atoms with van der Waals surface area (Å²) in [5, 5.41) is 8.12. The predicted molar refractivity (Wildman–Crippen MR) is 193 cm³/mol. The molecule has 1 aliphatic rings. The lowest BCUT2D eigenvalue weighted by Crippen LogP contribution is -2.16. The van der Waals surface area contributed by atoms with Gasteiger partial charge >= 0.3 is 0 Å². The summed E-state index contributed by atoms with van der Waals surface area (Å²) in [6.07, 6.45) is 0. The Morgan fingerprint density at radius 1 is 0.489 bits per heavy atom. The third-order valence-corrected chi connectivity index (χ3v) is 10.00. The van der Waals surface area contributed by atoms with Crippen LogP contribution in [0, 0.1) is 6.92 Å². The third kappa shape index (κ3) is 3.74. The molecule has 0 bridgehead atoms. The number of fused-ring (bicyclic) bond motifs is 5. The first-order valence-corrected chi connectivity index (χ1v) is 15.9. The van der Waals surface area contributed by atoms with E-state index in [9.17, 15) is 0 Å². The minimum Gasteiger partial charge on any atom is -0.311 e. The molecule has 9 rings (SSSR count). The smallest absolute Gasteiger partial charge is 0.0462 e. The molecule has 0 amide bonds. The molecule has 0 radical (unpaired) electrons. The van der Waals surface area contributed by atoms with Crippen molar-refractivity contribution in [3.05, 3.63) is 162 Å². The molecule has 0 aliphatic heterocycles. The Morgan fingerprint density at radius 2 is 1.11 bits per heavy atom. The average molecular weight is 576 g/mol. The number of hydrogen-bond acceptors (Lipinski definition) is 1. The molecule has 0 unspecified atom stereocenters. The van der Waals surface area contributed by atoms with Crippen molar-refractivity contribution in [3.8, 4) is 22.3 Å². The van der Waals surface area contributed by atoms with Gasteiger partial charge in [0.25, 0.3) is 0 Å². The highest BCUT2D eigenvalue weighted by Crippen LogP contribution is 2.56. The lowest BCUT2D eigenvalue weighted by Gasteiger charge is -2.26. The minimum atomic E-state index is -0.0825. The summed E-state index contributed by atoms with van der Waals surface area (Å²) >= 11 is 0. The number of nitrogens with zero attached hydrogens (tertiary/aromatic N) is 1. The van der Waals surface area contributed by atoms with Crippen LogP contribution in [0.4, 0.5) is 17.1 Å². The zero-order valence-corrected chi connectivity index (χ0v) is 25.8. The molecule has 45 heavy (non-hydrogen) atoms. The molecule has 0 saturated heterocycles. The third-order valence-electron chi connectivity index (χ3n) is 10.00. The van der Waals surface area contributed by atoms with Crippen molar-refractivity contribution in [2.24, 2.45) is 0 Å². The van der Waals surface area contributed by atoms with E-state index in [1.54, 1.807) is 0 Å². The second-order valence-electron chi connectivity index (χ2n) is 13.0. The van der Waals surface area contributed by atoms with Crippen LogP contribution in [0.5, 0.6) is 0 Å². The standard InChI is InChI=1S/C44H33N/c1-28-20-25-35-39(26-28)44(2,3)43-37-19-11-17-34-38(27-30-12-10-18-36(42(35)43)40(30)41(34)37)29-21-23-33(24-22-29)45(31-13-6-4-7-14-31)32-15-8-5-9-16-32/h4-27H,1-3H3. The summed E-state index contributed by atoms with van der Waals surface area (Å²) in [6, 6.07) is 53.6. The molecule has 0 atom stereocenters. The maximum absolute atomic E-state index is 2.41. The monoisotopic (exact) mass is 575 g/mol. The van der Waals surface area contributed by atoms with Crippen LogP contribution in [0.15, 0.2) is 146 Å². The number of hydrogen-bond donors (Lipinski definition) is 0. The van der Waals surface area contributed by atoms with Gasteiger partial charge in [0.2, 0.25) is 0 Å². The fraction of sp³-hybridized carbons (Fsp3) is 0.0909. The Hall–Kier alpha value is -5.40. The summed E-state index contributed by atoms with van der Waals surface area (Å²) < 4.78 is 0. The normalized spacial score (nSPS) is 13.4. The number of rotatable bonds is 4. The molecule has 0 saturated carbocycles. The quantitative estimate of drug-likeness (QED) is 0.189. The van der Waals surface area contributed by atoms with Gasteiger partial charge in [-0.2, -0.15) is 0 Å². The van der Waals surface area contributed by atoms with Crippen LogP contribution in [-0.4, -0.2) is 0 Å². The van der Waals surface area contributed by atoms with Crippen LogP contribution in [0.25, 0.3) is 54.6 Å². The zero-order valence-electron chi connectivity index (χ0n) is 25.8. The largest absolute Gasteiger partial charge is 0.311 e. The Bertz CT molecular complexity index is 2340. The Balaban J connectivity index is 1.27. The Labute approximate surface area is 264 Å². The van der Waals surface area contributed by atoms with Crippen molar-refractivity contribution >= 4 is 49.4 Å². The van der Waals surface area contributed by atoms with Crippen LogP contribution in [0.1, 0.15) is 30.5 Å². The second-order valence-corrected chi connectivity index (χ2v) is 13.0. The van der Waals surface area contributed by atoms with Crippen LogP contribution < -0.4 is 4.90 Å². The zero-order chi connectivity index (χ0) is 30.3. The van der Waals surface area contributed by atoms with Crippen LogP contribution in [-0.2, 0) is 5.41 Å². The topological polar surface area (TPSA) is 3.24 Å². The summed E-state index contributed by atoms with van der Waals surface area (Å²) in [7, 11) is 0. The van der Waals surface area contributed by atoms with Gasteiger partial charge in [-0.3, -0.25) is 0 Å². The number of benzene rings is 8. The van der Waals surface area contributed by atoms with Gasteiger partial charge in [-0.1, -0.05) is 123 Å². The fourth-order valence-corrected chi connectivity index (χ4v) is 8.02. The molecular weight excluding hydrogens is 542 g/mol. The molecule has 0 fully saturated rings. The first kappa shape index (κ1) is 26.0. The fourth-order valence-electron chi connectivity index (χ4n) is 8.02. The van der Waals surface area contributed by atoms with Gasteiger partial charge in [-0.25, -0.2) is 0 Å². The van der Waals surface area contributed by atoms with E-state index in [0.29, 0.717) is 0 Å². The van der Waals surface area contributed by atoms with E-state index < -0.39 is 0 Å². The molecule has 0 aromatic heterocycles. The molecule has 1 aliphatic carbocycles. The highest BCUT2D eigenvalue weighted by molar-refractivity contribution is 6.31. The van der Waals surface area contributed by atoms with Crippen LogP contribution >= 0.6 is 0 Å². The first-order valence-electron chi connectivity index (χ1n) is 15.9. The average Bonchev–Trinajstić information content (AvgIpc) is 3.31. The number of aryl methyl sites for hydroxylation is 1. The molecular formula is C44H33N. The van der Waals surface area contributed by atoms with Crippen molar-refractivity contribution in [2.45, 2.75) is 26.2 Å². The molecule has 8 aromatic carbocycles. The molecule has 0 heterocycles. The molecule has 214 valence electrons. The van der Waals surface area contributed by atoms with Gasteiger partial charge in [-0.05, 0) is 115 Å². The summed E-state index contributed by atoms with van der Waals surface area (Å²) in [5.41, 5.74) is 12.9. The van der Waals surface area contributed by atoms with Gasteiger partial charge < -0.3 is 4.90 Å². The molecule has 0 spiro atoms. The van der Waals surface area contributed by atoms with Gasteiger partial charge in [0.15, 0.2) is 0 Å². The van der Waals surface area contributed by atoms with Gasteiger partial charge in [0.1, 0.15) is 0 Å². The summed E-state index contributed by atoms with van der Waals surface area (Å²) in [6.45, 7) is 7.02. The van der Waals surface area contributed by atoms with Crippen molar-refractivity contribution in [2.75, 3.05) is 4.90 Å². The van der Waals surface area contributed by atoms with Gasteiger partial charge in [-0.15, -0.1) is 0 Å². The molecule has 1 heteroatoms. The highest BCUT2D eigenvalue weighted by Gasteiger charge is 2.39. The van der Waals surface area contributed by atoms with E-state index in [1.165, 1.54) is 71.3 Å². The SMILES string of the molecule is Cc1ccc2c(c1)C(C)(C)c1c-2c2cccc3cc(-c4ccc(N(c5ccccc5)c5ccccc5)cc4)c4cccc1c4c32. The van der Waals surface area contributed by atoms with E-state index in [2.05, 4.69) is 171 Å². The molecule has 1 nitrogen and oxygen atoms in total. The van der Waals surface area contributed by atoms with Crippen molar-refractivity contribution < 1.29 is 0 Å². The predicted octanol–water partition coefficient (Wildman–Crippen LogP) is 12.3.